The van der Waals surface area contributed by atoms with Crippen LogP contribution in [0.1, 0.15) is 0 Å². The van der Waals surface area contributed by atoms with Crippen LogP contribution in [0.15, 0.2) is 41.2 Å². The van der Waals surface area contributed by atoms with Crippen LogP contribution in [0.2, 0.25) is 0 Å². The van der Waals surface area contributed by atoms with Gasteiger partial charge in [0.2, 0.25) is 0 Å². The van der Waals surface area contributed by atoms with E-state index in [0.717, 1.165) is 16.7 Å². The van der Waals surface area contributed by atoms with E-state index in [1.165, 1.54) is 6.26 Å². The van der Waals surface area contributed by atoms with Crippen molar-refractivity contribution in [3.05, 3.63) is 36.7 Å². The Morgan fingerprint density at radius 3 is 3.00 bits per heavy atom. The minimum Gasteiger partial charge on any atom is -0.362 e. The van der Waals surface area contributed by atoms with Gasteiger partial charge >= 0.3 is 0 Å². The smallest absolute Gasteiger partial charge is 0.149 e. The number of hydrogen-bond acceptors (Lipinski definition) is 4. The molecule has 3 rings (SSSR count). The van der Waals surface area contributed by atoms with Crippen molar-refractivity contribution < 1.29 is 4.52 Å². The first-order valence-corrected chi connectivity index (χ1v) is 4.15. The fourth-order valence-electron chi connectivity index (χ4n) is 1.36. The van der Waals surface area contributed by atoms with Gasteiger partial charge in [-0.1, -0.05) is 22.5 Å². The van der Waals surface area contributed by atoms with Crippen LogP contribution in [-0.4, -0.2) is 20.2 Å². The van der Waals surface area contributed by atoms with E-state index in [1.807, 2.05) is 24.3 Å². The van der Waals surface area contributed by atoms with Gasteiger partial charge in [-0.15, -0.1) is 5.10 Å². The van der Waals surface area contributed by atoms with Crippen molar-refractivity contribution in [2.75, 3.05) is 0 Å². The van der Waals surface area contributed by atoms with E-state index in [-0.39, 0.29) is 0 Å². The summed E-state index contributed by atoms with van der Waals surface area (Å²) < 4.78 is 6.43. The lowest BCUT2D eigenvalue weighted by Crippen LogP contribution is -1.93. The molecule has 0 bridgehead atoms. The quantitative estimate of drug-likeness (QED) is 0.576. The van der Waals surface area contributed by atoms with Gasteiger partial charge in [0.25, 0.3) is 0 Å². The summed E-state index contributed by atoms with van der Waals surface area (Å²) in [6.45, 7) is 0. The van der Waals surface area contributed by atoms with Gasteiger partial charge in [0.05, 0.1) is 11.7 Å². The highest BCUT2D eigenvalue weighted by molar-refractivity contribution is 5.75. The van der Waals surface area contributed by atoms with Crippen molar-refractivity contribution in [2.24, 2.45) is 0 Å². The standard InChI is InChI=1S/C9H6N4O/c1-2-4-9-8(3-1)11-12-13(9)7-5-10-14-6-7/h1-6H. The highest BCUT2D eigenvalue weighted by atomic mass is 16.5. The highest BCUT2D eigenvalue weighted by Gasteiger charge is 2.06. The second-order valence-corrected chi connectivity index (χ2v) is 2.87. The van der Waals surface area contributed by atoms with Crippen LogP contribution >= 0.6 is 0 Å². The molecule has 0 aliphatic carbocycles. The Morgan fingerprint density at radius 1 is 1.21 bits per heavy atom. The third kappa shape index (κ3) is 0.922. The first-order valence-electron chi connectivity index (χ1n) is 4.15. The van der Waals surface area contributed by atoms with Crippen molar-refractivity contribution in [1.29, 1.82) is 0 Å². The minimum atomic E-state index is 0.777. The molecule has 0 radical (unpaired) electrons. The number of aromatic nitrogens is 4. The summed E-state index contributed by atoms with van der Waals surface area (Å²) in [4.78, 5) is 0. The fourth-order valence-corrected chi connectivity index (χ4v) is 1.36. The van der Waals surface area contributed by atoms with E-state index in [1.54, 1.807) is 10.9 Å². The lowest BCUT2D eigenvalue weighted by molar-refractivity contribution is 0.419. The Labute approximate surface area is 78.9 Å². The number of benzene rings is 1. The van der Waals surface area contributed by atoms with Crippen LogP contribution < -0.4 is 0 Å². The Morgan fingerprint density at radius 2 is 2.14 bits per heavy atom. The summed E-state index contributed by atoms with van der Waals surface area (Å²) in [5, 5.41) is 11.6. The van der Waals surface area contributed by atoms with Crippen molar-refractivity contribution in [3.8, 4) is 5.69 Å². The van der Waals surface area contributed by atoms with Gasteiger partial charge < -0.3 is 4.52 Å². The molecular formula is C9H6N4O. The molecule has 5 nitrogen and oxygen atoms in total. The minimum absolute atomic E-state index is 0.777. The molecular weight excluding hydrogens is 180 g/mol. The molecule has 1 aromatic carbocycles. The van der Waals surface area contributed by atoms with E-state index in [2.05, 4.69) is 15.5 Å². The van der Waals surface area contributed by atoms with Gasteiger partial charge in [-0.05, 0) is 12.1 Å². The second kappa shape index (κ2) is 2.66. The molecule has 14 heavy (non-hydrogen) atoms. The van der Waals surface area contributed by atoms with Crippen LogP contribution in [0.5, 0.6) is 0 Å². The molecule has 0 fully saturated rings. The molecule has 0 atom stereocenters. The maximum atomic E-state index is 4.75. The summed E-state index contributed by atoms with van der Waals surface area (Å²) in [6, 6.07) is 7.72. The van der Waals surface area contributed by atoms with Crippen molar-refractivity contribution in [1.82, 2.24) is 20.2 Å². The average molecular weight is 186 g/mol. The van der Waals surface area contributed by atoms with Gasteiger partial charge in [0.15, 0.2) is 0 Å². The number of fused-ring (bicyclic) bond motifs is 1. The molecule has 0 amide bonds. The zero-order chi connectivity index (χ0) is 9.38. The SMILES string of the molecule is c1ccc2c(c1)nnn2-c1cnoc1. The molecule has 0 aliphatic rings. The van der Waals surface area contributed by atoms with Gasteiger partial charge in [-0.2, -0.15) is 0 Å². The zero-order valence-electron chi connectivity index (χ0n) is 7.16. The van der Waals surface area contributed by atoms with Gasteiger partial charge in [-0.3, -0.25) is 0 Å². The Hall–Kier alpha value is -2.17. The average Bonchev–Trinajstić information content (AvgIpc) is 2.85. The molecule has 68 valence electrons. The van der Waals surface area contributed by atoms with Crippen LogP contribution in [0.4, 0.5) is 0 Å². The van der Waals surface area contributed by atoms with Crippen LogP contribution in [-0.2, 0) is 0 Å². The molecule has 0 saturated carbocycles. The lowest BCUT2D eigenvalue weighted by atomic mass is 10.3. The summed E-state index contributed by atoms with van der Waals surface area (Å²) in [7, 11) is 0. The molecule has 0 spiro atoms. The lowest BCUT2D eigenvalue weighted by Gasteiger charge is -1.94. The van der Waals surface area contributed by atoms with Gasteiger partial charge in [0.1, 0.15) is 17.5 Å². The maximum absolute atomic E-state index is 4.75. The zero-order valence-corrected chi connectivity index (χ0v) is 7.16. The van der Waals surface area contributed by atoms with Gasteiger partial charge in [0, 0.05) is 0 Å². The number of nitrogens with zero attached hydrogens (tertiary/aromatic N) is 4. The van der Waals surface area contributed by atoms with Crippen molar-refractivity contribution in [3.63, 3.8) is 0 Å². The number of rotatable bonds is 1. The van der Waals surface area contributed by atoms with E-state index >= 15 is 0 Å². The third-order valence-electron chi connectivity index (χ3n) is 2.02. The van der Waals surface area contributed by atoms with Crippen molar-refractivity contribution >= 4 is 11.0 Å². The predicted octanol–water partition coefficient (Wildman–Crippen LogP) is 1.41. The molecule has 5 heteroatoms. The fraction of sp³-hybridized carbons (Fsp3) is 0. The Bertz CT molecular complexity index is 555. The van der Waals surface area contributed by atoms with Crippen LogP contribution in [0.3, 0.4) is 0 Å². The second-order valence-electron chi connectivity index (χ2n) is 2.87. The topological polar surface area (TPSA) is 56.7 Å². The Kier molecular flexibility index (Phi) is 1.38. The predicted molar refractivity (Wildman–Crippen MR) is 48.9 cm³/mol. The summed E-state index contributed by atoms with van der Waals surface area (Å²) in [6.07, 6.45) is 3.13. The molecule has 0 aliphatic heterocycles. The largest absolute Gasteiger partial charge is 0.362 e. The molecule has 0 N–H and O–H groups in total. The van der Waals surface area contributed by atoms with E-state index in [9.17, 15) is 0 Å². The van der Waals surface area contributed by atoms with E-state index in [0.29, 0.717) is 0 Å². The van der Waals surface area contributed by atoms with Crippen LogP contribution in [0, 0.1) is 0 Å². The number of para-hydroxylation sites is 1. The Balaban J connectivity index is 2.33. The van der Waals surface area contributed by atoms with E-state index in [4.69, 9.17) is 4.52 Å². The monoisotopic (exact) mass is 186 g/mol. The highest BCUT2D eigenvalue weighted by Crippen LogP contribution is 2.14. The normalized spacial score (nSPS) is 10.9. The molecule has 0 saturated heterocycles. The summed E-state index contributed by atoms with van der Waals surface area (Å²) in [5.74, 6) is 0. The van der Waals surface area contributed by atoms with Crippen LogP contribution in [0.25, 0.3) is 16.7 Å². The first-order chi connectivity index (χ1) is 6.95. The van der Waals surface area contributed by atoms with Crippen molar-refractivity contribution in [2.45, 2.75) is 0 Å². The first kappa shape index (κ1) is 7.25. The summed E-state index contributed by atoms with van der Waals surface area (Å²) >= 11 is 0. The maximum Gasteiger partial charge on any atom is 0.149 e. The number of hydrogen-bond donors (Lipinski definition) is 0. The molecule has 3 aromatic rings. The molecule has 2 heterocycles. The molecule has 2 aromatic heterocycles. The summed E-state index contributed by atoms with van der Waals surface area (Å²) in [5.41, 5.74) is 2.57. The third-order valence-corrected chi connectivity index (χ3v) is 2.02. The van der Waals surface area contributed by atoms with Gasteiger partial charge in [-0.25, -0.2) is 4.68 Å². The molecule has 0 unspecified atom stereocenters. The van der Waals surface area contributed by atoms with E-state index < -0.39 is 0 Å².